The second kappa shape index (κ2) is 5.89. The van der Waals surface area contributed by atoms with Crippen LogP contribution in [-0.4, -0.2) is 29.0 Å². The second-order valence-corrected chi connectivity index (χ2v) is 7.79. The first kappa shape index (κ1) is 16.3. The molecule has 3 atom stereocenters. The summed E-state index contributed by atoms with van der Waals surface area (Å²) in [5, 5.41) is 29.7. The van der Waals surface area contributed by atoms with Crippen molar-refractivity contribution in [3.05, 3.63) is 72.3 Å². The number of rotatable bonds is 2. The van der Waals surface area contributed by atoms with E-state index in [-0.39, 0.29) is 12.7 Å². The van der Waals surface area contributed by atoms with Gasteiger partial charge in [-0.25, -0.2) is 0 Å². The second-order valence-electron chi connectivity index (χ2n) is 7.79. The van der Waals surface area contributed by atoms with Crippen LogP contribution < -0.4 is 0 Å². The zero-order valence-electron chi connectivity index (χ0n) is 15.3. The lowest BCUT2D eigenvalue weighted by Gasteiger charge is -2.20. The molecule has 138 valence electrons. The molecule has 3 heteroatoms. The average molecular weight is 368 g/mol. The Kier molecular flexibility index (Phi) is 3.42. The third kappa shape index (κ3) is 2.09. The fourth-order valence-corrected chi connectivity index (χ4v) is 5.05. The van der Waals surface area contributed by atoms with Gasteiger partial charge in [0.25, 0.3) is 0 Å². The Morgan fingerprint density at radius 1 is 0.750 bits per heavy atom. The highest BCUT2D eigenvalue weighted by atomic mass is 16.5. The summed E-state index contributed by atoms with van der Waals surface area (Å²) in [6.45, 7) is -0.162. The first-order valence-electron chi connectivity index (χ1n) is 9.79. The van der Waals surface area contributed by atoms with Crippen LogP contribution in [-0.2, 0) is 4.74 Å². The Morgan fingerprint density at radius 2 is 1.39 bits per heavy atom. The molecule has 3 nitrogen and oxygen atoms in total. The highest BCUT2D eigenvalue weighted by Crippen LogP contribution is 2.45. The van der Waals surface area contributed by atoms with Crippen molar-refractivity contribution in [3.8, 4) is 0 Å². The lowest BCUT2D eigenvalue weighted by Crippen LogP contribution is -2.24. The minimum atomic E-state index is -0.639. The van der Waals surface area contributed by atoms with Crippen molar-refractivity contribution in [2.75, 3.05) is 6.61 Å². The minimum absolute atomic E-state index is 0.162. The van der Waals surface area contributed by atoms with Crippen LogP contribution in [0.4, 0.5) is 0 Å². The molecule has 0 bridgehead atoms. The SMILES string of the molecule is OC[C@H]1O[C@H](c2ccc3cccc4c5cccc6cccc(c2c34)c65)C[C@@H]1O. The molecule has 0 aromatic heterocycles. The van der Waals surface area contributed by atoms with Gasteiger partial charge in [0, 0.05) is 6.42 Å². The molecule has 0 amide bonds. The molecule has 28 heavy (non-hydrogen) atoms. The van der Waals surface area contributed by atoms with Crippen molar-refractivity contribution in [2.24, 2.45) is 0 Å². The van der Waals surface area contributed by atoms with Gasteiger partial charge in [-0.15, -0.1) is 0 Å². The maximum Gasteiger partial charge on any atom is 0.107 e. The summed E-state index contributed by atoms with van der Waals surface area (Å²) in [6, 6.07) is 23.7. The number of hydrogen-bond acceptors (Lipinski definition) is 3. The fraction of sp³-hybridized carbons (Fsp3) is 0.200. The largest absolute Gasteiger partial charge is 0.394 e. The molecule has 1 saturated heterocycles. The van der Waals surface area contributed by atoms with Crippen LogP contribution in [0.25, 0.3) is 43.1 Å². The van der Waals surface area contributed by atoms with Crippen molar-refractivity contribution >= 4 is 43.1 Å². The summed E-state index contributed by atoms with van der Waals surface area (Å²) in [7, 11) is 0. The molecule has 1 aliphatic rings. The maximum absolute atomic E-state index is 10.3. The lowest BCUT2D eigenvalue weighted by molar-refractivity contribution is -0.0221. The van der Waals surface area contributed by atoms with E-state index in [1.807, 2.05) is 0 Å². The van der Waals surface area contributed by atoms with Crippen molar-refractivity contribution < 1.29 is 14.9 Å². The van der Waals surface area contributed by atoms with E-state index in [4.69, 9.17) is 4.74 Å². The van der Waals surface area contributed by atoms with Crippen LogP contribution in [0.2, 0.25) is 0 Å². The molecule has 0 unspecified atom stereocenters. The average Bonchev–Trinajstić information content (AvgIpc) is 3.12. The number of hydrogen-bond donors (Lipinski definition) is 2. The molecular weight excluding hydrogens is 348 g/mol. The van der Waals surface area contributed by atoms with E-state index in [1.54, 1.807) is 0 Å². The zero-order chi connectivity index (χ0) is 18.8. The van der Waals surface area contributed by atoms with Gasteiger partial charge in [0.2, 0.25) is 0 Å². The van der Waals surface area contributed by atoms with Crippen molar-refractivity contribution in [3.63, 3.8) is 0 Å². The highest BCUT2D eigenvalue weighted by Gasteiger charge is 2.35. The third-order valence-electron chi connectivity index (χ3n) is 6.29. The van der Waals surface area contributed by atoms with E-state index in [1.165, 1.54) is 43.1 Å². The topological polar surface area (TPSA) is 49.7 Å². The first-order valence-corrected chi connectivity index (χ1v) is 9.79. The first-order chi connectivity index (χ1) is 13.8. The van der Waals surface area contributed by atoms with Gasteiger partial charge in [-0.3, -0.25) is 0 Å². The number of ether oxygens (including phenoxy) is 1. The fourth-order valence-electron chi connectivity index (χ4n) is 5.05. The van der Waals surface area contributed by atoms with Gasteiger partial charge in [0.05, 0.1) is 18.8 Å². The van der Waals surface area contributed by atoms with Gasteiger partial charge in [0.1, 0.15) is 6.10 Å². The standard InChI is InChI=1S/C25H20O3/c26-13-22-20(27)12-21(28-22)18-11-10-15-6-2-8-17-16-7-1-4-14-5-3-9-19(23(14)16)25(18)24(15)17/h1-11,20-22,26-27H,12-13H2/t20-,21-,22+/m0/s1. The van der Waals surface area contributed by atoms with Crippen molar-refractivity contribution in [2.45, 2.75) is 24.7 Å². The molecule has 0 aliphatic carbocycles. The molecule has 1 aliphatic heterocycles. The van der Waals surface area contributed by atoms with E-state index in [0.717, 1.165) is 5.56 Å². The van der Waals surface area contributed by atoms with Gasteiger partial charge in [-0.2, -0.15) is 0 Å². The highest BCUT2D eigenvalue weighted by molar-refractivity contribution is 6.33. The Hall–Kier alpha value is -2.72. The number of benzene rings is 5. The summed E-state index contributed by atoms with van der Waals surface area (Å²) < 4.78 is 6.05. The van der Waals surface area contributed by atoms with Gasteiger partial charge in [-0.1, -0.05) is 66.7 Å². The van der Waals surface area contributed by atoms with Gasteiger partial charge >= 0.3 is 0 Å². The molecule has 5 aromatic rings. The number of aliphatic hydroxyl groups excluding tert-OH is 2. The molecular formula is C25H20O3. The molecule has 1 heterocycles. The summed E-state index contributed by atoms with van der Waals surface area (Å²) in [5.74, 6) is 0. The summed E-state index contributed by atoms with van der Waals surface area (Å²) >= 11 is 0. The molecule has 0 radical (unpaired) electrons. The number of fused-ring (bicyclic) bond motifs is 2. The minimum Gasteiger partial charge on any atom is -0.394 e. The van der Waals surface area contributed by atoms with Crippen molar-refractivity contribution in [1.29, 1.82) is 0 Å². The van der Waals surface area contributed by atoms with Crippen LogP contribution in [0.15, 0.2) is 66.7 Å². The van der Waals surface area contributed by atoms with Gasteiger partial charge in [0.15, 0.2) is 0 Å². The van der Waals surface area contributed by atoms with E-state index in [2.05, 4.69) is 66.7 Å². The van der Waals surface area contributed by atoms with Crippen LogP contribution >= 0.6 is 0 Å². The van der Waals surface area contributed by atoms with Crippen LogP contribution in [0.1, 0.15) is 18.1 Å². The van der Waals surface area contributed by atoms with E-state index >= 15 is 0 Å². The molecule has 1 fully saturated rings. The monoisotopic (exact) mass is 368 g/mol. The van der Waals surface area contributed by atoms with E-state index < -0.39 is 12.2 Å². The van der Waals surface area contributed by atoms with Crippen molar-refractivity contribution in [1.82, 2.24) is 0 Å². The quantitative estimate of drug-likeness (QED) is 0.343. The van der Waals surface area contributed by atoms with Crippen LogP contribution in [0, 0.1) is 0 Å². The summed E-state index contributed by atoms with van der Waals surface area (Å²) in [5.41, 5.74) is 1.09. The molecule has 0 spiro atoms. The molecule has 2 N–H and O–H groups in total. The predicted molar refractivity (Wildman–Crippen MR) is 113 cm³/mol. The molecule has 0 saturated carbocycles. The zero-order valence-corrected chi connectivity index (χ0v) is 15.3. The number of aliphatic hydroxyl groups is 2. The lowest BCUT2D eigenvalue weighted by atomic mass is 9.86. The van der Waals surface area contributed by atoms with E-state index in [0.29, 0.717) is 6.42 Å². The molecule has 6 rings (SSSR count). The Labute approximate surface area is 162 Å². The van der Waals surface area contributed by atoms with Crippen LogP contribution in [0.5, 0.6) is 0 Å². The summed E-state index contributed by atoms with van der Waals surface area (Å²) in [4.78, 5) is 0. The molecule has 5 aromatic carbocycles. The third-order valence-corrected chi connectivity index (χ3v) is 6.29. The van der Waals surface area contributed by atoms with Gasteiger partial charge in [-0.05, 0) is 48.7 Å². The smallest absolute Gasteiger partial charge is 0.107 e. The Morgan fingerprint density at radius 3 is 2.07 bits per heavy atom. The predicted octanol–water partition coefficient (Wildman–Crippen LogP) is 4.92. The maximum atomic E-state index is 10.3. The van der Waals surface area contributed by atoms with Gasteiger partial charge < -0.3 is 14.9 Å². The Balaban J connectivity index is 1.79. The normalized spacial score (nSPS) is 22.9. The Bertz CT molecular complexity index is 1330. The van der Waals surface area contributed by atoms with Crippen LogP contribution in [0.3, 0.4) is 0 Å². The van der Waals surface area contributed by atoms with E-state index in [9.17, 15) is 10.2 Å². The summed E-state index contributed by atoms with van der Waals surface area (Å²) in [6.07, 6.45) is -0.876.